The van der Waals surface area contributed by atoms with Crippen LogP contribution in [0.25, 0.3) is 0 Å². The largest absolute Gasteiger partial charge is 0.493 e. The van der Waals surface area contributed by atoms with E-state index in [1.165, 1.54) is 0 Å². The van der Waals surface area contributed by atoms with Crippen molar-refractivity contribution in [3.05, 3.63) is 41.7 Å². The third-order valence-electron chi connectivity index (χ3n) is 5.79. The molecule has 8 heteroatoms. The van der Waals surface area contributed by atoms with Crippen molar-refractivity contribution in [2.45, 2.75) is 18.8 Å². The second-order valence-electron chi connectivity index (χ2n) is 7.48. The summed E-state index contributed by atoms with van der Waals surface area (Å²) in [5.74, 6) is -0.155. The lowest BCUT2D eigenvalue weighted by atomic mass is 9.73. The molecule has 1 saturated heterocycles. The van der Waals surface area contributed by atoms with Gasteiger partial charge in [-0.05, 0) is 18.1 Å². The Morgan fingerprint density at radius 1 is 1.43 bits per heavy atom. The summed E-state index contributed by atoms with van der Waals surface area (Å²) < 4.78 is 12.9. The number of carbonyl (C=O) groups excluding carboxylic acids is 1. The van der Waals surface area contributed by atoms with Crippen LogP contribution < -0.4 is 9.47 Å². The van der Waals surface area contributed by atoms with Crippen LogP contribution in [0.15, 0.2) is 30.6 Å². The van der Waals surface area contributed by atoms with Crippen LogP contribution in [0.4, 0.5) is 0 Å². The number of methoxy groups -OCH3 is 1. The highest BCUT2D eigenvalue weighted by Gasteiger charge is 2.57. The predicted octanol–water partition coefficient (Wildman–Crippen LogP) is 1.45. The molecule has 1 aromatic heterocycles. The molecule has 0 bridgehead atoms. The number of hydrogen-bond donors (Lipinski definition) is 1. The number of ether oxygens (including phenoxy) is 2. The molecule has 1 aromatic carbocycles. The van der Waals surface area contributed by atoms with Crippen LogP contribution in [0.3, 0.4) is 0 Å². The number of para-hydroxylation sites is 1. The van der Waals surface area contributed by atoms with Gasteiger partial charge in [0.25, 0.3) is 0 Å². The fourth-order valence-corrected chi connectivity index (χ4v) is 4.25. The van der Waals surface area contributed by atoms with E-state index in [1.54, 1.807) is 29.0 Å². The highest BCUT2D eigenvalue weighted by Crippen LogP contribution is 2.52. The van der Waals surface area contributed by atoms with Crippen LogP contribution in [0, 0.1) is 5.41 Å². The molecular formula is C20H23N3O5. The van der Waals surface area contributed by atoms with Crippen LogP contribution in [-0.4, -0.2) is 58.5 Å². The summed E-state index contributed by atoms with van der Waals surface area (Å²) in [7, 11) is 3.39. The summed E-state index contributed by atoms with van der Waals surface area (Å²) in [6.45, 7) is 0.532. The van der Waals surface area contributed by atoms with E-state index in [2.05, 4.69) is 5.10 Å². The molecule has 1 fully saturated rings. The van der Waals surface area contributed by atoms with Gasteiger partial charge in [-0.3, -0.25) is 14.3 Å². The molecule has 148 valence electrons. The van der Waals surface area contributed by atoms with Crippen molar-refractivity contribution in [2.24, 2.45) is 12.5 Å². The van der Waals surface area contributed by atoms with Crippen molar-refractivity contribution in [2.75, 3.05) is 26.8 Å². The quantitative estimate of drug-likeness (QED) is 0.837. The Bertz CT molecular complexity index is 924. The Kier molecular flexibility index (Phi) is 4.49. The monoisotopic (exact) mass is 385 g/mol. The number of hydrogen-bond acceptors (Lipinski definition) is 5. The summed E-state index contributed by atoms with van der Waals surface area (Å²) in [5.41, 5.74) is 0.637. The van der Waals surface area contributed by atoms with Crippen molar-refractivity contribution in [3.63, 3.8) is 0 Å². The minimum atomic E-state index is -1.14. The number of nitrogens with zero attached hydrogens (tertiary/aromatic N) is 3. The highest BCUT2D eigenvalue weighted by molar-refractivity contribution is 5.83. The van der Waals surface area contributed by atoms with Gasteiger partial charge in [0.05, 0.1) is 13.3 Å². The summed E-state index contributed by atoms with van der Waals surface area (Å²) >= 11 is 0. The van der Waals surface area contributed by atoms with E-state index in [0.717, 1.165) is 11.1 Å². The molecule has 2 aliphatic rings. The lowest BCUT2D eigenvalue weighted by Crippen LogP contribution is -2.46. The van der Waals surface area contributed by atoms with Gasteiger partial charge in [0.1, 0.15) is 12.0 Å². The highest BCUT2D eigenvalue weighted by atomic mass is 16.5. The van der Waals surface area contributed by atoms with Crippen LogP contribution in [0.1, 0.15) is 23.5 Å². The molecule has 8 nitrogen and oxygen atoms in total. The van der Waals surface area contributed by atoms with Crippen molar-refractivity contribution < 1.29 is 24.2 Å². The molecular weight excluding hydrogens is 362 g/mol. The van der Waals surface area contributed by atoms with Gasteiger partial charge in [-0.15, -0.1) is 0 Å². The number of carbonyl (C=O) groups is 2. The van der Waals surface area contributed by atoms with E-state index in [1.807, 2.05) is 25.4 Å². The van der Waals surface area contributed by atoms with Gasteiger partial charge in [-0.1, -0.05) is 12.1 Å². The van der Waals surface area contributed by atoms with Crippen molar-refractivity contribution >= 4 is 11.9 Å². The number of aryl methyl sites for hydroxylation is 2. The van der Waals surface area contributed by atoms with Gasteiger partial charge in [-0.2, -0.15) is 5.10 Å². The van der Waals surface area contributed by atoms with Gasteiger partial charge in [0, 0.05) is 44.2 Å². The van der Waals surface area contributed by atoms with Gasteiger partial charge < -0.3 is 19.5 Å². The van der Waals surface area contributed by atoms with Crippen molar-refractivity contribution in [1.29, 1.82) is 0 Å². The molecule has 0 unspecified atom stereocenters. The minimum Gasteiger partial charge on any atom is -0.493 e. The first-order chi connectivity index (χ1) is 13.4. The minimum absolute atomic E-state index is 0.0206. The maximum Gasteiger partial charge on any atom is 0.315 e. The zero-order valence-corrected chi connectivity index (χ0v) is 15.9. The number of carboxylic acid groups (broad SMARTS) is 1. The Morgan fingerprint density at radius 2 is 2.25 bits per heavy atom. The Hall–Kier alpha value is -3.03. The lowest BCUT2D eigenvalue weighted by molar-refractivity contribution is -0.152. The van der Waals surface area contributed by atoms with Crippen LogP contribution in [0.5, 0.6) is 11.5 Å². The lowest BCUT2D eigenvalue weighted by Gasteiger charge is -2.36. The Morgan fingerprint density at radius 3 is 2.93 bits per heavy atom. The fraction of sp³-hybridized carbons (Fsp3) is 0.450. The van der Waals surface area contributed by atoms with Gasteiger partial charge in [0.15, 0.2) is 11.5 Å². The molecule has 0 saturated carbocycles. The second-order valence-corrected chi connectivity index (χ2v) is 7.48. The van der Waals surface area contributed by atoms with Crippen LogP contribution in [0.2, 0.25) is 0 Å². The standard InChI is InChI=1S/C20H23N3O5/c1-22-9-13(8-21-22)6-7-17(24)23-10-15-14-4-3-5-16(27-2)18(14)28-12-20(15,11-23)19(25)26/h3-5,8-9,15H,6-7,10-12H2,1-2H3,(H,25,26)/t15-,20-/m1/s1. The molecule has 2 atom stereocenters. The number of aromatic nitrogens is 2. The third-order valence-corrected chi connectivity index (χ3v) is 5.79. The summed E-state index contributed by atoms with van der Waals surface area (Å²) in [6, 6.07) is 5.48. The molecule has 0 radical (unpaired) electrons. The number of carboxylic acids is 1. The average molecular weight is 385 g/mol. The molecule has 2 aromatic rings. The zero-order valence-electron chi connectivity index (χ0n) is 15.9. The molecule has 1 amide bonds. The smallest absolute Gasteiger partial charge is 0.315 e. The van der Waals surface area contributed by atoms with Gasteiger partial charge in [0.2, 0.25) is 5.91 Å². The normalized spacial score (nSPS) is 22.9. The number of fused-ring (bicyclic) bond motifs is 3. The van der Waals surface area contributed by atoms with E-state index >= 15 is 0 Å². The molecule has 0 aliphatic carbocycles. The van der Waals surface area contributed by atoms with E-state index in [-0.39, 0.29) is 25.0 Å². The maximum atomic E-state index is 12.8. The molecule has 2 aliphatic heterocycles. The zero-order chi connectivity index (χ0) is 19.9. The second kappa shape index (κ2) is 6.85. The van der Waals surface area contributed by atoms with E-state index in [9.17, 15) is 14.7 Å². The first-order valence-corrected chi connectivity index (χ1v) is 9.23. The molecule has 28 heavy (non-hydrogen) atoms. The number of benzene rings is 1. The number of aliphatic carboxylic acids is 1. The van der Waals surface area contributed by atoms with Gasteiger partial charge >= 0.3 is 5.97 Å². The van der Waals surface area contributed by atoms with E-state index in [4.69, 9.17) is 9.47 Å². The summed E-state index contributed by atoms with van der Waals surface area (Å²) in [6.07, 6.45) is 4.52. The maximum absolute atomic E-state index is 12.8. The van der Waals surface area contributed by atoms with Crippen LogP contribution >= 0.6 is 0 Å². The number of rotatable bonds is 5. The molecule has 1 N–H and O–H groups in total. The number of likely N-dealkylation sites (tertiary alicyclic amines) is 1. The Labute approximate surface area is 162 Å². The van der Waals surface area contributed by atoms with Gasteiger partial charge in [-0.25, -0.2) is 0 Å². The Balaban J connectivity index is 1.57. The molecule has 0 spiro atoms. The average Bonchev–Trinajstić information content (AvgIpc) is 3.30. The van der Waals surface area contributed by atoms with Crippen molar-refractivity contribution in [1.82, 2.24) is 14.7 Å². The van der Waals surface area contributed by atoms with E-state index in [0.29, 0.717) is 30.9 Å². The van der Waals surface area contributed by atoms with E-state index < -0.39 is 11.4 Å². The predicted molar refractivity (Wildman–Crippen MR) is 99.4 cm³/mol. The molecule has 4 rings (SSSR count). The van der Waals surface area contributed by atoms with Crippen molar-refractivity contribution in [3.8, 4) is 11.5 Å². The topological polar surface area (TPSA) is 93.9 Å². The SMILES string of the molecule is COc1cccc2c1OC[C@]1(C(=O)O)CN(C(=O)CCc3cnn(C)c3)C[C@H]21. The first kappa shape index (κ1) is 18.3. The first-order valence-electron chi connectivity index (χ1n) is 9.23. The summed E-state index contributed by atoms with van der Waals surface area (Å²) in [5, 5.41) is 14.1. The fourth-order valence-electron chi connectivity index (χ4n) is 4.25. The van der Waals surface area contributed by atoms with Crippen LogP contribution in [-0.2, 0) is 23.1 Å². The summed E-state index contributed by atoms with van der Waals surface area (Å²) in [4.78, 5) is 26.7. The third kappa shape index (κ3) is 2.89. The number of amides is 1. The molecule has 3 heterocycles.